The van der Waals surface area contributed by atoms with Gasteiger partial charge in [-0.2, -0.15) is 0 Å². The number of imidazole rings is 1. The van der Waals surface area contributed by atoms with Gasteiger partial charge >= 0.3 is 0 Å². The quantitative estimate of drug-likeness (QED) is 0.926. The molecular formula is C13H14ClN3O. The number of nitrogens with one attached hydrogen (secondary N) is 1. The fourth-order valence-electron chi connectivity index (χ4n) is 1.68. The summed E-state index contributed by atoms with van der Waals surface area (Å²) in [6.45, 7) is 2.36. The molecule has 1 N–H and O–H groups in total. The minimum Gasteiger partial charge on any atom is -0.347 e. The highest BCUT2D eigenvalue weighted by Gasteiger charge is 2.15. The molecule has 5 heteroatoms. The summed E-state index contributed by atoms with van der Waals surface area (Å²) in [4.78, 5) is 20.8. The minimum atomic E-state index is -0.114. The molecule has 0 atom stereocenters. The van der Waals surface area contributed by atoms with Gasteiger partial charge in [0.05, 0.1) is 17.1 Å². The molecule has 2 aromatic rings. The summed E-state index contributed by atoms with van der Waals surface area (Å²) >= 11 is 6.08. The molecule has 0 saturated heterocycles. The van der Waals surface area contributed by atoms with Gasteiger partial charge in [0.1, 0.15) is 5.82 Å². The fraction of sp³-hybridized carbons (Fsp3) is 0.231. The highest BCUT2D eigenvalue weighted by atomic mass is 35.5. The van der Waals surface area contributed by atoms with Crippen molar-refractivity contribution in [3.05, 3.63) is 52.6 Å². The second-order valence-electron chi connectivity index (χ2n) is 4.18. The first-order valence-corrected chi connectivity index (χ1v) is 5.95. The Labute approximate surface area is 111 Å². The molecule has 1 aromatic carbocycles. The Morgan fingerprint density at radius 3 is 2.89 bits per heavy atom. The highest BCUT2D eigenvalue weighted by molar-refractivity contribution is 6.33. The number of hydrogen-bond donors (Lipinski definition) is 1. The number of H-pyrrole nitrogens is 1. The van der Waals surface area contributed by atoms with Crippen molar-refractivity contribution in [2.24, 2.45) is 0 Å². The van der Waals surface area contributed by atoms with Crippen LogP contribution in [-0.4, -0.2) is 27.8 Å². The summed E-state index contributed by atoms with van der Waals surface area (Å²) in [5.41, 5.74) is 1.54. The SMILES string of the molecule is Cc1ccc(C(=O)N(C)Cc2ncc[nH]2)c(Cl)c1. The Bertz CT molecular complexity index is 551. The molecule has 0 fully saturated rings. The van der Waals surface area contributed by atoms with E-state index in [9.17, 15) is 4.79 Å². The summed E-state index contributed by atoms with van der Waals surface area (Å²) in [6, 6.07) is 5.41. The van der Waals surface area contributed by atoms with Gasteiger partial charge in [0, 0.05) is 19.4 Å². The molecule has 1 heterocycles. The van der Waals surface area contributed by atoms with Gasteiger partial charge in [-0.15, -0.1) is 0 Å². The van der Waals surface area contributed by atoms with Gasteiger partial charge in [-0.1, -0.05) is 17.7 Å². The monoisotopic (exact) mass is 263 g/mol. The van der Waals surface area contributed by atoms with E-state index in [0.717, 1.165) is 11.4 Å². The maximum atomic E-state index is 12.2. The van der Waals surface area contributed by atoms with E-state index < -0.39 is 0 Å². The molecule has 18 heavy (non-hydrogen) atoms. The molecule has 94 valence electrons. The van der Waals surface area contributed by atoms with E-state index in [4.69, 9.17) is 11.6 Å². The van der Waals surface area contributed by atoms with E-state index in [1.165, 1.54) is 0 Å². The van der Waals surface area contributed by atoms with Crippen LogP contribution in [0.2, 0.25) is 5.02 Å². The van der Waals surface area contributed by atoms with Crippen LogP contribution >= 0.6 is 11.6 Å². The van der Waals surface area contributed by atoms with Crippen LogP contribution in [0.1, 0.15) is 21.7 Å². The van der Waals surface area contributed by atoms with E-state index in [2.05, 4.69) is 9.97 Å². The Kier molecular flexibility index (Phi) is 3.67. The number of halogens is 1. The Morgan fingerprint density at radius 2 is 2.28 bits per heavy atom. The molecule has 4 nitrogen and oxygen atoms in total. The van der Waals surface area contributed by atoms with Crippen LogP contribution in [-0.2, 0) is 6.54 Å². The standard InChI is InChI=1S/C13H14ClN3O/c1-9-3-4-10(11(14)7-9)13(18)17(2)8-12-15-5-6-16-12/h3-7H,8H2,1-2H3,(H,15,16). The Morgan fingerprint density at radius 1 is 1.50 bits per heavy atom. The molecule has 2 rings (SSSR count). The fourth-order valence-corrected chi connectivity index (χ4v) is 2.00. The molecule has 0 radical (unpaired) electrons. The average Bonchev–Trinajstić information content (AvgIpc) is 2.81. The maximum Gasteiger partial charge on any atom is 0.255 e. The van der Waals surface area contributed by atoms with E-state index >= 15 is 0 Å². The Balaban J connectivity index is 2.15. The molecular weight excluding hydrogens is 250 g/mol. The van der Waals surface area contributed by atoms with Gasteiger partial charge in [-0.3, -0.25) is 4.79 Å². The summed E-state index contributed by atoms with van der Waals surface area (Å²) in [7, 11) is 1.72. The van der Waals surface area contributed by atoms with Crippen LogP contribution in [0.15, 0.2) is 30.6 Å². The number of rotatable bonds is 3. The van der Waals surface area contributed by atoms with Crippen molar-refractivity contribution >= 4 is 17.5 Å². The first kappa shape index (κ1) is 12.6. The Hall–Kier alpha value is -1.81. The van der Waals surface area contributed by atoms with Gasteiger partial charge < -0.3 is 9.88 Å². The van der Waals surface area contributed by atoms with Crippen LogP contribution in [0.4, 0.5) is 0 Å². The summed E-state index contributed by atoms with van der Waals surface area (Å²) in [5.74, 6) is 0.630. The number of aryl methyl sites for hydroxylation is 1. The number of nitrogens with zero attached hydrogens (tertiary/aromatic N) is 2. The zero-order valence-electron chi connectivity index (χ0n) is 10.3. The number of aromatic nitrogens is 2. The van der Waals surface area contributed by atoms with Crippen LogP contribution in [0, 0.1) is 6.92 Å². The zero-order chi connectivity index (χ0) is 13.1. The van der Waals surface area contributed by atoms with Crippen molar-refractivity contribution in [2.75, 3.05) is 7.05 Å². The van der Waals surface area contributed by atoms with E-state index in [1.807, 2.05) is 13.0 Å². The number of aromatic amines is 1. The first-order chi connectivity index (χ1) is 8.58. The third-order valence-electron chi connectivity index (χ3n) is 2.64. The molecule has 0 bridgehead atoms. The highest BCUT2D eigenvalue weighted by Crippen LogP contribution is 2.19. The lowest BCUT2D eigenvalue weighted by Crippen LogP contribution is -2.27. The minimum absolute atomic E-state index is 0.114. The van der Waals surface area contributed by atoms with Crippen molar-refractivity contribution in [3.63, 3.8) is 0 Å². The van der Waals surface area contributed by atoms with Crippen LogP contribution < -0.4 is 0 Å². The molecule has 0 aliphatic heterocycles. The molecule has 1 aromatic heterocycles. The first-order valence-electron chi connectivity index (χ1n) is 5.58. The summed E-state index contributed by atoms with van der Waals surface area (Å²) in [5, 5.41) is 0.478. The lowest BCUT2D eigenvalue weighted by Gasteiger charge is -2.16. The van der Waals surface area contributed by atoms with Crippen molar-refractivity contribution in [1.82, 2.24) is 14.9 Å². The van der Waals surface area contributed by atoms with Crippen LogP contribution in [0.3, 0.4) is 0 Å². The van der Waals surface area contributed by atoms with Crippen LogP contribution in [0.5, 0.6) is 0 Å². The predicted molar refractivity (Wildman–Crippen MR) is 70.6 cm³/mol. The van der Waals surface area contributed by atoms with Gasteiger partial charge in [-0.25, -0.2) is 4.98 Å². The number of hydrogen-bond acceptors (Lipinski definition) is 2. The van der Waals surface area contributed by atoms with Gasteiger partial charge in [0.25, 0.3) is 5.91 Å². The summed E-state index contributed by atoms with van der Waals surface area (Å²) < 4.78 is 0. The second-order valence-corrected chi connectivity index (χ2v) is 4.59. The largest absolute Gasteiger partial charge is 0.347 e. The average molecular weight is 264 g/mol. The number of benzene rings is 1. The topological polar surface area (TPSA) is 49.0 Å². The van der Waals surface area contributed by atoms with Crippen molar-refractivity contribution in [2.45, 2.75) is 13.5 Å². The molecule has 0 spiro atoms. The molecule has 0 aliphatic rings. The number of amides is 1. The lowest BCUT2D eigenvalue weighted by molar-refractivity contribution is 0.0782. The van der Waals surface area contributed by atoms with Crippen molar-refractivity contribution in [1.29, 1.82) is 0 Å². The predicted octanol–water partition coefficient (Wildman–Crippen LogP) is 2.64. The van der Waals surface area contributed by atoms with Gasteiger partial charge in [0.2, 0.25) is 0 Å². The van der Waals surface area contributed by atoms with E-state index in [1.54, 1.807) is 36.5 Å². The van der Waals surface area contributed by atoms with Gasteiger partial charge in [-0.05, 0) is 24.6 Å². The summed E-state index contributed by atoms with van der Waals surface area (Å²) in [6.07, 6.45) is 3.39. The number of carbonyl (C=O) groups excluding carboxylic acids is 1. The molecule has 1 amide bonds. The molecule has 0 saturated carbocycles. The van der Waals surface area contributed by atoms with E-state index in [0.29, 0.717) is 17.1 Å². The van der Waals surface area contributed by atoms with Crippen molar-refractivity contribution < 1.29 is 4.79 Å². The van der Waals surface area contributed by atoms with Crippen LogP contribution in [0.25, 0.3) is 0 Å². The number of carbonyl (C=O) groups is 1. The van der Waals surface area contributed by atoms with Gasteiger partial charge in [0.15, 0.2) is 0 Å². The third kappa shape index (κ3) is 2.71. The maximum absolute atomic E-state index is 12.2. The zero-order valence-corrected chi connectivity index (χ0v) is 11.0. The lowest BCUT2D eigenvalue weighted by atomic mass is 10.1. The van der Waals surface area contributed by atoms with E-state index in [-0.39, 0.29) is 5.91 Å². The molecule has 0 unspecified atom stereocenters. The van der Waals surface area contributed by atoms with Crippen molar-refractivity contribution in [3.8, 4) is 0 Å². The molecule has 0 aliphatic carbocycles. The second kappa shape index (κ2) is 5.23. The third-order valence-corrected chi connectivity index (χ3v) is 2.96. The normalized spacial score (nSPS) is 10.4. The smallest absolute Gasteiger partial charge is 0.255 e.